The van der Waals surface area contributed by atoms with Gasteiger partial charge < -0.3 is 5.32 Å². The highest BCUT2D eigenvalue weighted by Crippen LogP contribution is 2.24. The summed E-state index contributed by atoms with van der Waals surface area (Å²) in [5, 5.41) is 3.64. The minimum atomic E-state index is 0.224. The molecule has 1 unspecified atom stereocenters. The summed E-state index contributed by atoms with van der Waals surface area (Å²) in [4.78, 5) is 4.34. The fourth-order valence-electron chi connectivity index (χ4n) is 2.40. The Morgan fingerprint density at radius 3 is 2.45 bits per heavy atom. The van der Waals surface area contributed by atoms with E-state index in [1.54, 1.807) is 0 Å². The van der Waals surface area contributed by atoms with E-state index in [4.69, 9.17) is 0 Å². The molecule has 0 aliphatic heterocycles. The predicted octanol–water partition coefficient (Wildman–Crippen LogP) is 4.10. The van der Waals surface area contributed by atoms with Gasteiger partial charge in [0.05, 0.1) is 6.04 Å². The zero-order valence-electron chi connectivity index (χ0n) is 12.9. The van der Waals surface area contributed by atoms with E-state index in [0.717, 1.165) is 13.0 Å². The van der Waals surface area contributed by atoms with Crippen molar-refractivity contribution in [3.63, 3.8) is 0 Å². The first-order valence-electron chi connectivity index (χ1n) is 7.34. The SMILES string of the molecule is CCCNC(c1cncc(C)c1)c1ccc(C)c(C)c1. The molecule has 2 rings (SSSR count). The van der Waals surface area contributed by atoms with Crippen LogP contribution in [0.15, 0.2) is 36.7 Å². The molecular formula is C18H24N2. The molecule has 0 aliphatic rings. The number of aromatic nitrogens is 1. The van der Waals surface area contributed by atoms with Crippen molar-refractivity contribution in [3.8, 4) is 0 Å². The number of nitrogens with one attached hydrogen (secondary N) is 1. The molecule has 0 fully saturated rings. The summed E-state index contributed by atoms with van der Waals surface area (Å²) in [6, 6.07) is 9.15. The molecule has 0 aliphatic carbocycles. The molecule has 1 atom stereocenters. The Hall–Kier alpha value is -1.67. The van der Waals surface area contributed by atoms with Crippen LogP contribution in [0.5, 0.6) is 0 Å². The Balaban J connectivity index is 2.38. The molecule has 20 heavy (non-hydrogen) atoms. The van der Waals surface area contributed by atoms with E-state index in [1.165, 1.54) is 27.8 Å². The fourth-order valence-corrected chi connectivity index (χ4v) is 2.40. The smallest absolute Gasteiger partial charge is 0.0592 e. The zero-order chi connectivity index (χ0) is 14.5. The maximum atomic E-state index is 4.34. The molecule has 2 heteroatoms. The monoisotopic (exact) mass is 268 g/mol. The second-order valence-electron chi connectivity index (χ2n) is 5.53. The molecule has 0 bridgehead atoms. The Kier molecular flexibility index (Phi) is 4.91. The summed E-state index contributed by atoms with van der Waals surface area (Å²) in [6.45, 7) is 9.62. The highest BCUT2D eigenvalue weighted by atomic mass is 14.9. The van der Waals surface area contributed by atoms with Crippen molar-refractivity contribution in [2.24, 2.45) is 0 Å². The minimum absolute atomic E-state index is 0.224. The summed E-state index contributed by atoms with van der Waals surface area (Å²) in [6.07, 6.45) is 5.00. The Morgan fingerprint density at radius 1 is 1.00 bits per heavy atom. The van der Waals surface area contributed by atoms with Crippen LogP contribution >= 0.6 is 0 Å². The van der Waals surface area contributed by atoms with Gasteiger partial charge in [-0.15, -0.1) is 0 Å². The zero-order valence-corrected chi connectivity index (χ0v) is 12.9. The fraction of sp³-hybridized carbons (Fsp3) is 0.389. The second kappa shape index (κ2) is 6.67. The van der Waals surface area contributed by atoms with Crippen LogP contribution < -0.4 is 5.32 Å². The van der Waals surface area contributed by atoms with Gasteiger partial charge in [0.25, 0.3) is 0 Å². The summed E-state index contributed by atoms with van der Waals surface area (Å²) in [5.74, 6) is 0. The molecule has 2 aromatic rings. The van der Waals surface area contributed by atoms with Crippen LogP contribution in [-0.2, 0) is 0 Å². The Morgan fingerprint density at radius 2 is 1.80 bits per heavy atom. The van der Waals surface area contributed by atoms with Gasteiger partial charge in [0.15, 0.2) is 0 Å². The van der Waals surface area contributed by atoms with Crippen molar-refractivity contribution in [3.05, 3.63) is 64.5 Å². The highest BCUT2D eigenvalue weighted by molar-refractivity contribution is 5.37. The number of pyridine rings is 1. The molecule has 1 heterocycles. The van der Waals surface area contributed by atoms with Gasteiger partial charge in [0, 0.05) is 12.4 Å². The van der Waals surface area contributed by atoms with E-state index in [0.29, 0.717) is 0 Å². The lowest BCUT2D eigenvalue weighted by molar-refractivity contribution is 0.596. The normalized spacial score (nSPS) is 12.4. The van der Waals surface area contributed by atoms with Gasteiger partial charge >= 0.3 is 0 Å². The third kappa shape index (κ3) is 3.45. The van der Waals surface area contributed by atoms with Crippen LogP contribution in [0.1, 0.15) is 47.2 Å². The number of hydrogen-bond donors (Lipinski definition) is 1. The molecule has 0 amide bonds. The van der Waals surface area contributed by atoms with E-state index >= 15 is 0 Å². The standard InChI is InChI=1S/C18H24N2/c1-5-8-20-18(17-9-13(2)11-19-12-17)16-7-6-14(3)15(4)10-16/h6-7,9-12,18,20H,5,8H2,1-4H3. The number of hydrogen-bond acceptors (Lipinski definition) is 2. The Labute approximate surface area is 122 Å². The van der Waals surface area contributed by atoms with Gasteiger partial charge in [0.2, 0.25) is 0 Å². The van der Waals surface area contributed by atoms with E-state index in [9.17, 15) is 0 Å². The molecule has 1 aromatic carbocycles. The number of rotatable bonds is 5. The van der Waals surface area contributed by atoms with Crippen LogP contribution in [0.25, 0.3) is 0 Å². The van der Waals surface area contributed by atoms with E-state index in [2.05, 4.69) is 62.3 Å². The molecule has 2 nitrogen and oxygen atoms in total. The van der Waals surface area contributed by atoms with Crippen LogP contribution in [0.4, 0.5) is 0 Å². The number of benzene rings is 1. The first-order valence-corrected chi connectivity index (χ1v) is 7.34. The van der Waals surface area contributed by atoms with Gasteiger partial charge in [0.1, 0.15) is 0 Å². The van der Waals surface area contributed by atoms with Gasteiger partial charge in [-0.05, 0) is 61.6 Å². The first kappa shape index (κ1) is 14.7. The van der Waals surface area contributed by atoms with Crippen LogP contribution in [0.3, 0.4) is 0 Å². The maximum Gasteiger partial charge on any atom is 0.0592 e. The largest absolute Gasteiger partial charge is 0.306 e. The van der Waals surface area contributed by atoms with Crippen LogP contribution in [-0.4, -0.2) is 11.5 Å². The van der Waals surface area contributed by atoms with Crippen LogP contribution in [0.2, 0.25) is 0 Å². The lowest BCUT2D eigenvalue weighted by Gasteiger charge is -2.20. The summed E-state index contributed by atoms with van der Waals surface area (Å²) in [5.41, 5.74) is 6.43. The Bertz CT molecular complexity index is 575. The summed E-state index contributed by atoms with van der Waals surface area (Å²) < 4.78 is 0. The van der Waals surface area contributed by atoms with Crippen molar-refractivity contribution >= 4 is 0 Å². The third-order valence-corrected chi connectivity index (χ3v) is 3.69. The summed E-state index contributed by atoms with van der Waals surface area (Å²) >= 11 is 0. The first-order chi connectivity index (χ1) is 9.61. The summed E-state index contributed by atoms with van der Waals surface area (Å²) in [7, 11) is 0. The van der Waals surface area contributed by atoms with Crippen molar-refractivity contribution in [1.29, 1.82) is 0 Å². The predicted molar refractivity (Wildman–Crippen MR) is 85.0 cm³/mol. The van der Waals surface area contributed by atoms with E-state index in [-0.39, 0.29) is 6.04 Å². The molecule has 0 spiro atoms. The molecule has 1 aromatic heterocycles. The average Bonchev–Trinajstić information content (AvgIpc) is 2.43. The lowest BCUT2D eigenvalue weighted by Crippen LogP contribution is -2.23. The maximum absolute atomic E-state index is 4.34. The number of nitrogens with zero attached hydrogens (tertiary/aromatic N) is 1. The highest BCUT2D eigenvalue weighted by Gasteiger charge is 2.14. The topological polar surface area (TPSA) is 24.9 Å². The molecule has 0 radical (unpaired) electrons. The van der Waals surface area contributed by atoms with E-state index < -0.39 is 0 Å². The number of aryl methyl sites for hydroxylation is 3. The van der Waals surface area contributed by atoms with Crippen molar-refractivity contribution in [1.82, 2.24) is 10.3 Å². The van der Waals surface area contributed by atoms with E-state index in [1.807, 2.05) is 12.4 Å². The second-order valence-corrected chi connectivity index (χ2v) is 5.53. The lowest BCUT2D eigenvalue weighted by atomic mass is 9.96. The average molecular weight is 268 g/mol. The molecular weight excluding hydrogens is 244 g/mol. The molecule has 0 saturated heterocycles. The molecule has 0 saturated carbocycles. The van der Waals surface area contributed by atoms with Crippen molar-refractivity contribution in [2.45, 2.75) is 40.2 Å². The van der Waals surface area contributed by atoms with Crippen molar-refractivity contribution < 1.29 is 0 Å². The molecule has 1 N–H and O–H groups in total. The van der Waals surface area contributed by atoms with Gasteiger partial charge in [-0.25, -0.2) is 0 Å². The third-order valence-electron chi connectivity index (χ3n) is 3.69. The minimum Gasteiger partial charge on any atom is -0.306 e. The van der Waals surface area contributed by atoms with Gasteiger partial charge in [-0.1, -0.05) is 31.2 Å². The molecule has 106 valence electrons. The quantitative estimate of drug-likeness (QED) is 0.883. The van der Waals surface area contributed by atoms with Crippen LogP contribution in [0, 0.1) is 20.8 Å². The van der Waals surface area contributed by atoms with Crippen molar-refractivity contribution in [2.75, 3.05) is 6.54 Å². The van der Waals surface area contributed by atoms with Gasteiger partial charge in [-0.2, -0.15) is 0 Å². The van der Waals surface area contributed by atoms with Gasteiger partial charge in [-0.3, -0.25) is 4.98 Å².